The number of ether oxygens (including phenoxy) is 2. The molecule has 208 valence electrons. The van der Waals surface area contributed by atoms with Crippen molar-refractivity contribution in [3.8, 4) is 29.0 Å². The van der Waals surface area contributed by atoms with Crippen LogP contribution in [0.4, 0.5) is 4.39 Å². The lowest BCUT2D eigenvalue weighted by molar-refractivity contribution is 0.0445. The molecule has 3 aliphatic rings. The predicted octanol–water partition coefficient (Wildman–Crippen LogP) is 5.75. The van der Waals surface area contributed by atoms with Gasteiger partial charge in [-0.25, -0.2) is 4.39 Å². The van der Waals surface area contributed by atoms with Gasteiger partial charge in [0.15, 0.2) is 11.5 Å². The third-order valence-electron chi connectivity index (χ3n) is 8.37. The lowest BCUT2D eigenvalue weighted by Crippen LogP contribution is -2.33. The summed E-state index contributed by atoms with van der Waals surface area (Å²) in [5, 5.41) is 24.4. The van der Waals surface area contributed by atoms with Crippen molar-refractivity contribution < 1.29 is 13.9 Å². The lowest BCUT2D eigenvalue weighted by Gasteiger charge is -2.32. The number of para-hydroxylation sites is 1. The number of pyridine rings is 1. The lowest BCUT2D eigenvalue weighted by atomic mass is 9.88. The summed E-state index contributed by atoms with van der Waals surface area (Å²) < 4.78 is 26.7. The van der Waals surface area contributed by atoms with Crippen LogP contribution in [0.5, 0.6) is 11.5 Å². The van der Waals surface area contributed by atoms with E-state index in [1.807, 2.05) is 12.1 Å². The number of fused-ring (bicyclic) bond motifs is 1. The number of aromatic amines is 1. The number of hydrogen-bond acceptors (Lipinski definition) is 8. The molecular formula is C30H27ClFN7O2. The molecule has 1 saturated carbocycles. The fourth-order valence-corrected chi connectivity index (χ4v) is 6.00. The van der Waals surface area contributed by atoms with E-state index in [-0.39, 0.29) is 5.41 Å². The van der Waals surface area contributed by atoms with Crippen LogP contribution in [0, 0.1) is 22.6 Å². The van der Waals surface area contributed by atoms with Gasteiger partial charge in [0.2, 0.25) is 5.82 Å². The maximum Gasteiger partial charge on any atom is 0.270 e. The van der Waals surface area contributed by atoms with Gasteiger partial charge in [0.25, 0.3) is 6.29 Å². The number of aromatic nitrogens is 5. The first-order valence-electron chi connectivity index (χ1n) is 13.8. The molecule has 11 heteroatoms. The Balaban J connectivity index is 1.05. The number of hydrogen-bond donors (Lipinski definition) is 1. The fourth-order valence-electron chi connectivity index (χ4n) is 5.84. The van der Waals surface area contributed by atoms with Crippen molar-refractivity contribution in [2.24, 2.45) is 5.41 Å². The molecule has 0 bridgehead atoms. The standard InChI is InChI=1S/C30H27ClFN7O2/c31-21-4-5-23(24(32)13-21)29-40-26-3-1-2-22(27(26)41-29)18-6-10-39(11-7-18)16-25-19(14-30(17-33)8-9-30)12-20(15-34-25)28-35-37-38-36-28/h1-5,12-13,15,18,29H,6-11,14,16H2,(H,35,36,37,38)/t29-/m0/s1. The van der Waals surface area contributed by atoms with Crippen LogP contribution in [0.2, 0.25) is 5.02 Å². The van der Waals surface area contributed by atoms with Crippen LogP contribution in [0.3, 0.4) is 0 Å². The van der Waals surface area contributed by atoms with Gasteiger partial charge in [-0.15, -0.1) is 10.2 Å². The number of likely N-dealkylation sites (tertiary alicyclic amines) is 1. The van der Waals surface area contributed by atoms with Crippen LogP contribution in [0.15, 0.2) is 48.7 Å². The van der Waals surface area contributed by atoms with Crippen molar-refractivity contribution >= 4 is 11.6 Å². The van der Waals surface area contributed by atoms with Gasteiger partial charge in [0.05, 0.1) is 22.7 Å². The summed E-state index contributed by atoms with van der Waals surface area (Å²) in [5.74, 6) is 1.66. The minimum absolute atomic E-state index is 0.290. The average molecular weight is 572 g/mol. The van der Waals surface area contributed by atoms with E-state index in [0.717, 1.165) is 61.2 Å². The molecule has 0 radical (unpaired) electrons. The molecule has 1 atom stereocenters. The van der Waals surface area contributed by atoms with Crippen LogP contribution < -0.4 is 9.47 Å². The number of nitriles is 1. The summed E-state index contributed by atoms with van der Waals surface area (Å²) in [6.45, 7) is 2.49. The van der Waals surface area contributed by atoms with E-state index in [1.54, 1.807) is 18.3 Å². The SMILES string of the molecule is N#CC1(Cc2cc(-c3nn[nH]n3)cnc2CN2CCC(c3cccc4c3O[C@@H](c3ccc(Cl)cc3F)O4)CC2)CC1. The maximum atomic E-state index is 14.6. The van der Waals surface area contributed by atoms with E-state index in [4.69, 9.17) is 26.1 Å². The highest BCUT2D eigenvalue weighted by Crippen LogP contribution is 2.49. The molecule has 0 spiro atoms. The van der Waals surface area contributed by atoms with Gasteiger partial charge in [-0.1, -0.05) is 23.7 Å². The number of tetrazole rings is 1. The molecule has 7 rings (SSSR count). The highest BCUT2D eigenvalue weighted by atomic mass is 35.5. The Hall–Kier alpha value is -4.07. The first kappa shape index (κ1) is 25.9. The highest BCUT2D eigenvalue weighted by molar-refractivity contribution is 6.30. The number of nitrogens with zero attached hydrogens (tertiary/aromatic N) is 6. The van der Waals surface area contributed by atoms with E-state index in [1.165, 1.54) is 6.07 Å². The van der Waals surface area contributed by atoms with Gasteiger partial charge >= 0.3 is 0 Å². The van der Waals surface area contributed by atoms with Crippen molar-refractivity contribution in [2.45, 2.75) is 50.9 Å². The number of nitrogens with one attached hydrogen (secondary N) is 1. The third kappa shape index (κ3) is 5.11. The Labute approximate surface area is 241 Å². The third-order valence-corrected chi connectivity index (χ3v) is 8.60. The molecule has 0 unspecified atom stereocenters. The topological polar surface area (TPSA) is 113 Å². The second-order valence-electron chi connectivity index (χ2n) is 11.1. The molecule has 41 heavy (non-hydrogen) atoms. The predicted molar refractivity (Wildman–Crippen MR) is 147 cm³/mol. The van der Waals surface area contributed by atoms with Crippen LogP contribution in [0.25, 0.3) is 11.4 Å². The summed E-state index contributed by atoms with van der Waals surface area (Å²) in [7, 11) is 0. The normalized spacial score (nSPS) is 19.7. The van der Waals surface area contributed by atoms with Gasteiger partial charge in [-0.3, -0.25) is 9.88 Å². The number of halogens is 2. The van der Waals surface area contributed by atoms with Crippen LogP contribution in [-0.4, -0.2) is 43.6 Å². The molecule has 4 heterocycles. The van der Waals surface area contributed by atoms with Crippen LogP contribution >= 0.6 is 11.6 Å². The Morgan fingerprint density at radius 1 is 1.12 bits per heavy atom. The van der Waals surface area contributed by atoms with Gasteiger partial charge in [-0.05, 0) is 92.2 Å². The first-order chi connectivity index (χ1) is 20.0. The van der Waals surface area contributed by atoms with Crippen LogP contribution in [0.1, 0.15) is 60.3 Å². The molecule has 2 fully saturated rings. The van der Waals surface area contributed by atoms with Crippen LogP contribution in [-0.2, 0) is 13.0 Å². The highest BCUT2D eigenvalue weighted by Gasteiger charge is 2.43. The van der Waals surface area contributed by atoms with E-state index in [9.17, 15) is 9.65 Å². The number of piperidine rings is 1. The Morgan fingerprint density at radius 2 is 1.98 bits per heavy atom. The number of H-pyrrole nitrogens is 1. The average Bonchev–Trinajstić information content (AvgIpc) is 3.33. The maximum absolute atomic E-state index is 14.6. The fraction of sp³-hybridized carbons (Fsp3) is 0.367. The van der Waals surface area contributed by atoms with E-state index >= 15 is 0 Å². The van der Waals surface area contributed by atoms with Crippen molar-refractivity contribution in [1.82, 2.24) is 30.5 Å². The first-order valence-corrected chi connectivity index (χ1v) is 14.1. The molecule has 1 aliphatic carbocycles. The molecule has 2 aromatic carbocycles. The summed E-state index contributed by atoms with van der Waals surface area (Å²) in [6.07, 6.45) is 5.34. The summed E-state index contributed by atoms with van der Waals surface area (Å²) in [5.41, 5.74) is 3.98. The van der Waals surface area contributed by atoms with Gasteiger partial charge in [-0.2, -0.15) is 10.5 Å². The second kappa shape index (κ2) is 10.4. The quantitative estimate of drug-likeness (QED) is 0.298. The Kier molecular flexibility index (Phi) is 6.56. The number of benzene rings is 2. The Morgan fingerprint density at radius 3 is 2.71 bits per heavy atom. The molecule has 1 saturated heterocycles. The van der Waals surface area contributed by atoms with Crippen molar-refractivity contribution in [2.75, 3.05) is 13.1 Å². The van der Waals surface area contributed by atoms with Crippen molar-refractivity contribution in [1.29, 1.82) is 5.26 Å². The van der Waals surface area contributed by atoms with Gasteiger partial charge in [0, 0.05) is 28.9 Å². The Bertz CT molecular complexity index is 1630. The molecule has 2 aromatic heterocycles. The molecular weight excluding hydrogens is 545 g/mol. The summed E-state index contributed by atoms with van der Waals surface area (Å²) in [4.78, 5) is 7.21. The zero-order chi connectivity index (χ0) is 28.0. The van der Waals surface area contributed by atoms with Gasteiger partial charge in [0.1, 0.15) is 5.82 Å². The zero-order valence-corrected chi connectivity index (χ0v) is 22.9. The second-order valence-corrected chi connectivity index (χ2v) is 11.5. The largest absolute Gasteiger partial charge is 0.447 e. The molecule has 1 N–H and O–H groups in total. The monoisotopic (exact) mass is 571 g/mol. The number of rotatable bonds is 7. The zero-order valence-electron chi connectivity index (χ0n) is 22.2. The summed E-state index contributed by atoms with van der Waals surface area (Å²) >= 11 is 5.93. The minimum atomic E-state index is -0.841. The molecule has 0 amide bonds. The van der Waals surface area contributed by atoms with E-state index < -0.39 is 12.1 Å². The van der Waals surface area contributed by atoms with Gasteiger partial charge < -0.3 is 9.47 Å². The summed E-state index contributed by atoms with van der Waals surface area (Å²) in [6, 6.07) is 15.0. The van der Waals surface area contributed by atoms with Crippen molar-refractivity contribution in [3.05, 3.63) is 81.9 Å². The van der Waals surface area contributed by atoms with Crippen molar-refractivity contribution in [3.63, 3.8) is 0 Å². The molecule has 9 nitrogen and oxygen atoms in total. The van der Waals surface area contributed by atoms with E-state index in [0.29, 0.717) is 46.8 Å². The smallest absolute Gasteiger partial charge is 0.270 e. The molecule has 4 aromatic rings. The minimum Gasteiger partial charge on any atom is -0.447 e. The molecule has 2 aliphatic heterocycles. The van der Waals surface area contributed by atoms with E-state index in [2.05, 4.69) is 43.7 Å².